The van der Waals surface area contributed by atoms with Gasteiger partial charge in [-0.1, -0.05) is 55.3 Å². The van der Waals surface area contributed by atoms with Crippen molar-refractivity contribution in [2.75, 3.05) is 12.8 Å². The fourth-order valence-electron chi connectivity index (χ4n) is 3.86. The number of thioether (sulfide) groups is 1. The topological polar surface area (TPSA) is 74.8 Å². The van der Waals surface area contributed by atoms with E-state index < -0.39 is 5.54 Å². The standard InChI is InChI=1S/C22H23N5OS2/c1-26(22(16-23)12-6-3-7-13-22)19(28)15-30-21-25-24-20(18-11-8-14-29-18)27(21)17-9-4-2-5-10-17/h2,4-5,8-11,14H,3,6-7,12-13,15H2,1H3. The Morgan fingerprint density at radius 1 is 1.20 bits per heavy atom. The molecule has 4 rings (SSSR count). The third kappa shape index (κ3) is 4.00. The minimum atomic E-state index is -0.675. The average Bonchev–Trinajstić information content (AvgIpc) is 3.47. The highest BCUT2D eigenvalue weighted by Crippen LogP contribution is 2.34. The van der Waals surface area contributed by atoms with Gasteiger partial charge in [0.2, 0.25) is 5.91 Å². The maximum atomic E-state index is 13.0. The van der Waals surface area contributed by atoms with Gasteiger partial charge in [0.1, 0.15) is 5.54 Å². The number of para-hydroxylation sites is 1. The van der Waals surface area contributed by atoms with Gasteiger partial charge in [-0.15, -0.1) is 21.5 Å². The van der Waals surface area contributed by atoms with Crippen molar-refractivity contribution >= 4 is 29.0 Å². The molecule has 1 aromatic carbocycles. The Morgan fingerprint density at radius 3 is 2.63 bits per heavy atom. The molecule has 1 amide bonds. The number of hydrogen-bond acceptors (Lipinski definition) is 6. The molecule has 0 atom stereocenters. The monoisotopic (exact) mass is 437 g/mol. The van der Waals surface area contributed by atoms with Crippen molar-refractivity contribution in [2.45, 2.75) is 42.8 Å². The van der Waals surface area contributed by atoms with Crippen molar-refractivity contribution in [1.29, 1.82) is 5.26 Å². The number of aromatic nitrogens is 3. The number of rotatable bonds is 6. The molecule has 1 fully saturated rings. The average molecular weight is 438 g/mol. The maximum Gasteiger partial charge on any atom is 0.234 e. The predicted octanol–water partition coefficient (Wildman–Crippen LogP) is 4.77. The molecule has 2 aromatic heterocycles. The lowest BCUT2D eigenvalue weighted by Gasteiger charge is -2.39. The number of carbonyl (C=O) groups excluding carboxylic acids is 1. The van der Waals surface area contributed by atoms with Crippen LogP contribution in [0.25, 0.3) is 16.4 Å². The molecule has 0 saturated heterocycles. The molecule has 0 radical (unpaired) electrons. The SMILES string of the molecule is CN(C(=O)CSc1nnc(-c2cccs2)n1-c1ccccc1)C1(C#N)CCCCC1. The van der Waals surface area contributed by atoms with Crippen LogP contribution in [0.5, 0.6) is 0 Å². The molecule has 2 heterocycles. The minimum absolute atomic E-state index is 0.0521. The first kappa shape index (κ1) is 20.6. The van der Waals surface area contributed by atoms with Gasteiger partial charge in [-0.3, -0.25) is 9.36 Å². The largest absolute Gasteiger partial charge is 0.326 e. The van der Waals surface area contributed by atoms with E-state index in [0.717, 1.165) is 48.5 Å². The van der Waals surface area contributed by atoms with E-state index in [9.17, 15) is 10.1 Å². The van der Waals surface area contributed by atoms with Crippen molar-refractivity contribution in [3.05, 3.63) is 47.8 Å². The molecule has 1 saturated carbocycles. The van der Waals surface area contributed by atoms with Crippen LogP contribution in [-0.4, -0.2) is 43.9 Å². The van der Waals surface area contributed by atoms with Gasteiger partial charge >= 0.3 is 0 Å². The van der Waals surface area contributed by atoms with E-state index in [0.29, 0.717) is 5.16 Å². The Hall–Kier alpha value is -2.63. The van der Waals surface area contributed by atoms with Crippen LogP contribution in [0, 0.1) is 11.3 Å². The zero-order chi connectivity index (χ0) is 21.0. The summed E-state index contributed by atoms with van der Waals surface area (Å²) in [6.07, 6.45) is 4.61. The van der Waals surface area contributed by atoms with E-state index in [-0.39, 0.29) is 11.7 Å². The Morgan fingerprint density at radius 2 is 1.97 bits per heavy atom. The molecule has 0 N–H and O–H groups in total. The normalized spacial score (nSPS) is 15.5. The van der Waals surface area contributed by atoms with Crippen LogP contribution in [0.3, 0.4) is 0 Å². The van der Waals surface area contributed by atoms with Crippen LogP contribution in [0.15, 0.2) is 53.0 Å². The zero-order valence-electron chi connectivity index (χ0n) is 16.8. The van der Waals surface area contributed by atoms with E-state index in [1.54, 1.807) is 23.3 Å². The first-order valence-corrected chi connectivity index (χ1v) is 11.9. The van der Waals surface area contributed by atoms with Crippen molar-refractivity contribution in [2.24, 2.45) is 0 Å². The molecule has 0 aliphatic heterocycles. The highest BCUT2D eigenvalue weighted by molar-refractivity contribution is 7.99. The molecular formula is C22H23N5OS2. The van der Waals surface area contributed by atoms with Gasteiger partial charge in [-0.25, -0.2) is 0 Å². The van der Waals surface area contributed by atoms with E-state index in [1.807, 2.05) is 52.4 Å². The minimum Gasteiger partial charge on any atom is -0.326 e. The smallest absolute Gasteiger partial charge is 0.234 e. The van der Waals surface area contributed by atoms with Crippen LogP contribution in [0.4, 0.5) is 0 Å². The lowest BCUT2D eigenvalue weighted by atomic mass is 9.81. The summed E-state index contributed by atoms with van der Waals surface area (Å²) in [5, 5.41) is 21.2. The maximum absolute atomic E-state index is 13.0. The number of benzene rings is 1. The summed E-state index contributed by atoms with van der Waals surface area (Å²) in [6.45, 7) is 0. The van der Waals surface area contributed by atoms with Gasteiger partial charge in [0, 0.05) is 12.7 Å². The van der Waals surface area contributed by atoms with Gasteiger partial charge < -0.3 is 4.90 Å². The van der Waals surface area contributed by atoms with Crippen molar-refractivity contribution in [1.82, 2.24) is 19.7 Å². The first-order chi connectivity index (χ1) is 14.6. The summed E-state index contributed by atoms with van der Waals surface area (Å²) in [5.74, 6) is 0.930. The molecule has 30 heavy (non-hydrogen) atoms. The highest BCUT2D eigenvalue weighted by Gasteiger charge is 2.38. The number of amides is 1. The Kier molecular flexibility index (Phi) is 6.21. The number of hydrogen-bond donors (Lipinski definition) is 0. The van der Waals surface area contributed by atoms with Gasteiger partial charge in [0.05, 0.1) is 16.7 Å². The second kappa shape index (κ2) is 9.02. The lowest BCUT2D eigenvalue weighted by Crippen LogP contribution is -2.50. The molecule has 6 nitrogen and oxygen atoms in total. The summed E-state index contributed by atoms with van der Waals surface area (Å²) < 4.78 is 1.99. The highest BCUT2D eigenvalue weighted by atomic mass is 32.2. The van der Waals surface area contributed by atoms with Gasteiger partial charge in [-0.2, -0.15) is 5.26 Å². The third-order valence-corrected chi connectivity index (χ3v) is 7.40. The summed E-state index contributed by atoms with van der Waals surface area (Å²) in [6, 6.07) is 16.3. The van der Waals surface area contributed by atoms with Crippen LogP contribution in [0.2, 0.25) is 0 Å². The molecular weight excluding hydrogens is 414 g/mol. The Balaban J connectivity index is 1.57. The number of nitriles is 1. The molecule has 1 aliphatic carbocycles. The molecule has 0 spiro atoms. The van der Waals surface area contributed by atoms with Crippen LogP contribution < -0.4 is 0 Å². The fraction of sp³-hybridized carbons (Fsp3) is 0.364. The van der Waals surface area contributed by atoms with Crippen molar-refractivity contribution in [3.8, 4) is 22.5 Å². The Bertz CT molecular complexity index is 1030. The number of carbonyl (C=O) groups is 1. The Labute approximate surface area is 184 Å². The second-order valence-corrected chi connectivity index (χ2v) is 9.29. The molecule has 1 aliphatic rings. The van der Waals surface area contributed by atoms with E-state index in [1.165, 1.54) is 11.8 Å². The van der Waals surface area contributed by atoms with E-state index in [2.05, 4.69) is 16.3 Å². The van der Waals surface area contributed by atoms with Crippen molar-refractivity contribution in [3.63, 3.8) is 0 Å². The van der Waals surface area contributed by atoms with Crippen LogP contribution in [0.1, 0.15) is 32.1 Å². The van der Waals surface area contributed by atoms with Gasteiger partial charge in [0.15, 0.2) is 11.0 Å². The third-order valence-electron chi connectivity index (χ3n) is 5.62. The fourth-order valence-corrected chi connectivity index (χ4v) is 5.42. The van der Waals surface area contributed by atoms with Gasteiger partial charge in [0.25, 0.3) is 0 Å². The molecule has 3 aromatic rings. The van der Waals surface area contributed by atoms with Crippen LogP contribution >= 0.6 is 23.1 Å². The summed E-state index contributed by atoms with van der Waals surface area (Å²) in [4.78, 5) is 15.6. The second-order valence-electron chi connectivity index (χ2n) is 7.40. The number of thiophene rings is 1. The molecule has 0 unspecified atom stereocenters. The lowest BCUT2D eigenvalue weighted by molar-refractivity contribution is -0.131. The molecule has 154 valence electrons. The van der Waals surface area contributed by atoms with Crippen molar-refractivity contribution < 1.29 is 4.79 Å². The summed E-state index contributed by atoms with van der Waals surface area (Å²) >= 11 is 2.97. The number of nitrogens with zero attached hydrogens (tertiary/aromatic N) is 5. The summed E-state index contributed by atoms with van der Waals surface area (Å²) in [7, 11) is 1.76. The predicted molar refractivity (Wildman–Crippen MR) is 120 cm³/mol. The quantitative estimate of drug-likeness (QED) is 0.519. The molecule has 8 heteroatoms. The first-order valence-electron chi connectivity index (χ1n) is 10.00. The van der Waals surface area contributed by atoms with E-state index in [4.69, 9.17) is 0 Å². The van der Waals surface area contributed by atoms with Crippen LogP contribution in [-0.2, 0) is 4.79 Å². The zero-order valence-corrected chi connectivity index (χ0v) is 18.5. The molecule has 0 bridgehead atoms. The van der Waals surface area contributed by atoms with E-state index >= 15 is 0 Å². The van der Waals surface area contributed by atoms with Gasteiger partial charge in [-0.05, 0) is 36.4 Å². The summed E-state index contributed by atoms with van der Waals surface area (Å²) in [5.41, 5.74) is 0.278.